The van der Waals surface area contributed by atoms with E-state index in [1.54, 1.807) is 0 Å². The Labute approximate surface area is 139 Å². The monoisotopic (exact) mass is 334 g/mol. The molecule has 1 saturated heterocycles. The summed E-state index contributed by atoms with van der Waals surface area (Å²) in [6.45, 7) is 9.82. The Bertz CT molecular complexity index is 526. The average molecular weight is 334 g/mol. The molecule has 1 fully saturated rings. The van der Waals surface area contributed by atoms with Crippen molar-refractivity contribution < 1.29 is 46.7 Å². The topological polar surface area (TPSA) is 27.3 Å². The van der Waals surface area contributed by atoms with Gasteiger partial charge in [0, 0.05) is 32.7 Å². The maximum atomic E-state index is 6.07. The first-order chi connectivity index (χ1) is 8.56. The minimum Gasteiger partial charge on any atom is -0.393 e. The molecule has 0 aromatic carbocycles. The molecule has 5 heteroatoms. The minimum atomic E-state index is -0.942. The van der Waals surface area contributed by atoms with Gasteiger partial charge in [-0.1, -0.05) is 0 Å². The first-order valence-electron chi connectivity index (χ1n) is 6.19. The van der Waals surface area contributed by atoms with E-state index >= 15 is 0 Å². The van der Waals surface area contributed by atoms with Crippen molar-refractivity contribution in [3.05, 3.63) is 42.5 Å². The molecule has 1 spiro atoms. The van der Waals surface area contributed by atoms with Crippen molar-refractivity contribution in [3.8, 4) is 0 Å². The van der Waals surface area contributed by atoms with Crippen LogP contribution in [0.15, 0.2) is 24.0 Å². The smallest absolute Gasteiger partial charge is 0.252 e. The van der Waals surface area contributed by atoms with Crippen LogP contribution in [-0.2, 0) is 55.1 Å². The fourth-order valence-corrected chi connectivity index (χ4v) is 2.72. The fraction of sp³-hybridized carbons (Fsp3) is 0.500. The maximum Gasteiger partial charge on any atom is 0.252 e. The zero-order valence-electron chi connectivity index (χ0n) is 11.5. The molecule has 19 heavy (non-hydrogen) atoms. The maximum absolute atomic E-state index is 6.07. The van der Waals surface area contributed by atoms with Crippen molar-refractivity contribution in [3.63, 3.8) is 0 Å². The molecule has 3 heterocycles. The molecule has 0 saturated carbocycles. The normalized spacial score (nSPS) is 32.7. The summed E-state index contributed by atoms with van der Waals surface area (Å²) in [6, 6.07) is 0. The molecule has 1 aromatic heterocycles. The number of hydrogen-bond acceptors (Lipinski definition) is 2. The number of rotatable bonds is 1. The van der Waals surface area contributed by atoms with Crippen LogP contribution in [0.4, 0.5) is 0 Å². The van der Waals surface area contributed by atoms with Gasteiger partial charge in [-0.25, -0.2) is 10.6 Å². The second kappa shape index (κ2) is 5.25. The van der Waals surface area contributed by atoms with E-state index in [1.165, 1.54) is 6.08 Å². The van der Waals surface area contributed by atoms with Gasteiger partial charge in [-0.3, -0.25) is 10.1 Å². The molecule has 0 N–H and O–H groups in total. The zero-order valence-corrected chi connectivity index (χ0v) is 14.3. The molecular weight excluding hydrogens is 317 g/mol. The number of imidazole rings is 1. The Hall–Kier alpha value is -0.286. The number of hydrogen-bond donors (Lipinski definition) is 0. The van der Waals surface area contributed by atoms with E-state index in [0.29, 0.717) is 0 Å². The third-order valence-electron chi connectivity index (χ3n) is 3.46. The zero-order chi connectivity index (χ0) is 12.9. The molecule has 1 radical (unpaired) electrons. The predicted molar refractivity (Wildman–Crippen MR) is 64.0 cm³/mol. The van der Waals surface area contributed by atoms with Gasteiger partial charge in [0.25, 0.3) is 5.91 Å². The van der Waals surface area contributed by atoms with Crippen LogP contribution in [0.2, 0.25) is 0 Å². The van der Waals surface area contributed by atoms with E-state index in [4.69, 9.17) is 16.1 Å². The van der Waals surface area contributed by atoms with Gasteiger partial charge in [0.05, 0.1) is 19.3 Å². The molecule has 2 aliphatic heterocycles. The van der Waals surface area contributed by atoms with Gasteiger partial charge in [0.1, 0.15) is 12.4 Å². The van der Waals surface area contributed by atoms with Crippen molar-refractivity contribution in [1.29, 1.82) is 0 Å². The first kappa shape index (κ1) is 15.1. The first-order valence-corrected chi connectivity index (χ1v) is 6.19. The van der Waals surface area contributed by atoms with Crippen molar-refractivity contribution in [2.24, 2.45) is 7.05 Å². The van der Waals surface area contributed by atoms with Crippen LogP contribution in [0.1, 0.15) is 26.1 Å². The molecule has 0 aliphatic carbocycles. The average Bonchev–Trinajstić information content (AvgIpc) is 2.78. The molecule has 2 atom stereocenters. The second-order valence-electron chi connectivity index (χ2n) is 4.98. The van der Waals surface area contributed by atoms with Gasteiger partial charge in [0.2, 0.25) is 0 Å². The third-order valence-corrected chi connectivity index (χ3v) is 3.46. The molecule has 0 amide bonds. The Morgan fingerprint density at radius 3 is 2.68 bits per heavy atom. The van der Waals surface area contributed by atoms with Crippen LogP contribution < -0.4 is 4.57 Å². The Morgan fingerprint density at radius 2 is 2.11 bits per heavy atom. The second-order valence-corrected chi connectivity index (χ2v) is 4.98. The quantitative estimate of drug-likeness (QED) is 0.570. The largest absolute Gasteiger partial charge is 0.393 e. The van der Waals surface area contributed by atoms with Crippen LogP contribution in [0.3, 0.4) is 0 Å². The number of ether oxygens (including phenoxy) is 2. The van der Waals surface area contributed by atoms with Gasteiger partial charge in [0.15, 0.2) is 5.82 Å². The fourth-order valence-electron chi connectivity index (χ4n) is 2.72. The minimum absolute atomic E-state index is 0. The van der Waals surface area contributed by atoms with E-state index in [0.717, 1.165) is 17.8 Å². The van der Waals surface area contributed by atoms with Crippen LogP contribution in [0.25, 0.3) is 0 Å². The number of nitrogens with zero attached hydrogens (tertiary/aromatic N) is 2. The summed E-state index contributed by atoms with van der Waals surface area (Å²) < 4.78 is 16.0. The molecule has 3 rings (SSSR count). The summed E-state index contributed by atoms with van der Waals surface area (Å²) in [4.78, 5) is 0. The van der Waals surface area contributed by atoms with Crippen molar-refractivity contribution in [1.82, 2.24) is 4.57 Å². The van der Waals surface area contributed by atoms with Crippen molar-refractivity contribution in [2.45, 2.75) is 38.4 Å². The van der Waals surface area contributed by atoms with Crippen LogP contribution in [-0.4, -0.2) is 16.8 Å². The van der Waals surface area contributed by atoms with Crippen LogP contribution in [0, 0.1) is 12.7 Å². The Kier molecular flexibility index (Phi) is 4.17. The summed E-state index contributed by atoms with van der Waals surface area (Å²) in [5, 5.41) is 0. The molecule has 2 aliphatic rings. The van der Waals surface area contributed by atoms with Crippen molar-refractivity contribution in [2.75, 3.05) is 0 Å². The molecule has 4 nitrogen and oxygen atoms in total. The van der Waals surface area contributed by atoms with Crippen LogP contribution in [0.5, 0.6) is 0 Å². The number of aromatic nitrogens is 2. The van der Waals surface area contributed by atoms with E-state index in [9.17, 15) is 0 Å². The van der Waals surface area contributed by atoms with Crippen molar-refractivity contribution >= 4 is 0 Å². The van der Waals surface area contributed by atoms with E-state index in [2.05, 4.69) is 19.9 Å². The summed E-state index contributed by atoms with van der Waals surface area (Å²) in [7, 11) is 1.96. The van der Waals surface area contributed by atoms with Crippen LogP contribution >= 0.6 is 0 Å². The van der Waals surface area contributed by atoms with Gasteiger partial charge in [-0.2, -0.15) is 0 Å². The van der Waals surface area contributed by atoms with Gasteiger partial charge < -0.3 is 22.1 Å². The summed E-state index contributed by atoms with van der Waals surface area (Å²) >= 11 is 0. The summed E-state index contributed by atoms with van der Waals surface area (Å²) in [6.07, 6.45) is 9.75. The summed E-state index contributed by atoms with van der Waals surface area (Å²) in [5.41, 5.74) is 0.729. The summed E-state index contributed by atoms with van der Waals surface area (Å²) in [5.74, 6) is -0.0457. The Balaban J connectivity index is 0.00000133. The number of fused-ring (bicyclic) bond motifs is 2. The molecular formula is C14H17N2O2Y-. The Morgan fingerprint density at radius 1 is 1.47 bits per heavy atom. The predicted octanol–water partition coefficient (Wildman–Crippen LogP) is 1.21. The van der Waals surface area contributed by atoms with Gasteiger partial charge in [-0.15, -0.1) is 0 Å². The van der Waals surface area contributed by atoms with Gasteiger partial charge >= 0.3 is 0 Å². The molecule has 2 unspecified atom stereocenters. The van der Waals surface area contributed by atoms with E-state index < -0.39 is 5.91 Å². The third kappa shape index (κ3) is 2.19. The molecule has 99 valence electrons. The molecule has 0 bridgehead atoms. The van der Waals surface area contributed by atoms with E-state index in [-0.39, 0.29) is 44.9 Å². The van der Waals surface area contributed by atoms with E-state index in [1.807, 2.05) is 28.6 Å². The SMILES string of the molecule is [CH-]=CC1=[C-]c2n(cc[n+]2C)C12OC(C)CC(C)O2.[Y]. The number of aryl methyl sites for hydroxylation is 1. The van der Waals surface area contributed by atoms with Gasteiger partial charge in [-0.05, 0) is 20.3 Å². The molecule has 1 aromatic rings. The standard InChI is InChI=1S/C14H17N2O2.Y/c1-5-12-9-13-15(4)6-7-16(13)14(12)17-10(2)8-11(3)18-14;/h1,5-7,10-11H,8H2,2-4H3;/q-1;.